The molecule has 0 aliphatic carbocycles. The monoisotopic (exact) mass is 353 g/mol. The number of ether oxygens (including phenoxy) is 1. The summed E-state index contributed by atoms with van der Waals surface area (Å²) < 4.78 is 11.2. The normalized spacial score (nSPS) is 20.6. The molecule has 26 heavy (non-hydrogen) atoms. The Hall–Kier alpha value is -2.86. The van der Waals surface area contributed by atoms with Crippen LogP contribution in [0, 0.1) is 0 Å². The van der Waals surface area contributed by atoms with E-state index in [0.717, 1.165) is 21.7 Å². The zero-order valence-electron chi connectivity index (χ0n) is 14.3. The number of rotatable bonds is 3. The summed E-state index contributed by atoms with van der Waals surface area (Å²) in [5, 5.41) is 12.3. The molecule has 1 saturated heterocycles. The van der Waals surface area contributed by atoms with Gasteiger partial charge in [-0.05, 0) is 29.8 Å². The molecule has 1 unspecified atom stereocenters. The molecular weight excluding hydrogens is 334 g/mol. The molecule has 0 spiro atoms. The Kier molecular flexibility index (Phi) is 4.12. The van der Waals surface area contributed by atoms with Crippen LogP contribution >= 0.6 is 0 Å². The van der Waals surface area contributed by atoms with Crippen molar-refractivity contribution in [2.75, 3.05) is 13.1 Å². The third-order valence-corrected chi connectivity index (χ3v) is 4.69. The van der Waals surface area contributed by atoms with Gasteiger partial charge in [0.2, 0.25) is 5.91 Å². The van der Waals surface area contributed by atoms with Gasteiger partial charge in [-0.1, -0.05) is 30.3 Å². The molecule has 2 atom stereocenters. The van der Waals surface area contributed by atoms with E-state index in [1.165, 1.54) is 4.90 Å². The zero-order chi connectivity index (χ0) is 18.3. The van der Waals surface area contributed by atoms with Crippen molar-refractivity contribution in [3.05, 3.63) is 48.2 Å². The van der Waals surface area contributed by atoms with Gasteiger partial charge in [0.05, 0.1) is 19.1 Å². The Balaban J connectivity index is 1.57. The third-order valence-electron chi connectivity index (χ3n) is 4.69. The van der Waals surface area contributed by atoms with E-state index < -0.39 is 12.1 Å². The summed E-state index contributed by atoms with van der Waals surface area (Å²) in [7, 11) is 0. The molecule has 0 radical (unpaired) electrons. The molecule has 0 bridgehead atoms. The Morgan fingerprint density at radius 2 is 1.96 bits per heavy atom. The van der Waals surface area contributed by atoms with Crippen LogP contribution in [0.25, 0.3) is 21.7 Å². The van der Waals surface area contributed by atoms with E-state index in [-0.39, 0.29) is 25.0 Å². The van der Waals surface area contributed by atoms with Crippen molar-refractivity contribution < 1.29 is 23.8 Å². The molecule has 2 heterocycles. The lowest BCUT2D eigenvalue weighted by atomic mass is 10.1. The summed E-state index contributed by atoms with van der Waals surface area (Å²) in [5.41, 5.74) is 0.741. The van der Waals surface area contributed by atoms with Crippen molar-refractivity contribution in [1.29, 1.82) is 0 Å². The van der Waals surface area contributed by atoms with Gasteiger partial charge in [0.1, 0.15) is 11.3 Å². The first-order valence-corrected chi connectivity index (χ1v) is 8.57. The highest BCUT2D eigenvalue weighted by molar-refractivity contribution is 6.06. The van der Waals surface area contributed by atoms with Crippen molar-refractivity contribution in [3.63, 3.8) is 0 Å². The van der Waals surface area contributed by atoms with Gasteiger partial charge >= 0.3 is 5.97 Å². The molecule has 6 nitrogen and oxygen atoms in total. The molecule has 1 aromatic heterocycles. The second-order valence-electron chi connectivity index (χ2n) is 6.66. The predicted molar refractivity (Wildman–Crippen MR) is 96.0 cm³/mol. The maximum absolute atomic E-state index is 12.6. The van der Waals surface area contributed by atoms with E-state index in [2.05, 4.69) is 0 Å². The Bertz CT molecular complexity index is 992. The highest BCUT2D eigenvalue weighted by Gasteiger charge is 2.32. The van der Waals surface area contributed by atoms with Gasteiger partial charge in [0.15, 0.2) is 6.10 Å². The summed E-state index contributed by atoms with van der Waals surface area (Å²) >= 11 is 0. The lowest BCUT2D eigenvalue weighted by Gasteiger charge is -2.34. The number of hydrogen-bond donors (Lipinski definition) is 1. The number of carboxylic acid groups (broad SMARTS) is 1. The first-order valence-electron chi connectivity index (χ1n) is 8.57. The van der Waals surface area contributed by atoms with Crippen LogP contribution in [0.15, 0.2) is 46.9 Å². The van der Waals surface area contributed by atoms with Gasteiger partial charge in [-0.25, -0.2) is 4.79 Å². The van der Waals surface area contributed by atoms with Gasteiger partial charge in [-0.3, -0.25) is 4.79 Å². The van der Waals surface area contributed by atoms with Gasteiger partial charge in [-0.2, -0.15) is 0 Å². The fraction of sp³-hybridized carbons (Fsp3) is 0.300. The van der Waals surface area contributed by atoms with Crippen LogP contribution in [-0.2, 0) is 20.7 Å². The summed E-state index contributed by atoms with van der Waals surface area (Å²) in [6, 6.07) is 13.8. The molecule has 1 fully saturated rings. The van der Waals surface area contributed by atoms with Crippen LogP contribution in [-0.4, -0.2) is 47.2 Å². The number of carbonyl (C=O) groups is 2. The van der Waals surface area contributed by atoms with E-state index in [1.54, 1.807) is 6.92 Å². The lowest BCUT2D eigenvalue weighted by molar-refractivity contribution is -0.166. The zero-order valence-corrected chi connectivity index (χ0v) is 14.3. The molecule has 3 aromatic rings. The van der Waals surface area contributed by atoms with E-state index in [9.17, 15) is 9.59 Å². The number of morpholine rings is 1. The lowest BCUT2D eigenvalue weighted by Crippen LogP contribution is -2.52. The Morgan fingerprint density at radius 3 is 2.77 bits per heavy atom. The maximum Gasteiger partial charge on any atom is 0.334 e. The first-order chi connectivity index (χ1) is 12.5. The maximum atomic E-state index is 12.6. The number of carbonyl (C=O) groups excluding carboxylic acids is 1. The van der Waals surface area contributed by atoms with Crippen LogP contribution < -0.4 is 0 Å². The van der Waals surface area contributed by atoms with Crippen molar-refractivity contribution in [3.8, 4) is 0 Å². The van der Waals surface area contributed by atoms with Crippen molar-refractivity contribution in [2.24, 2.45) is 0 Å². The number of benzene rings is 2. The largest absolute Gasteiger partial charge is 0.479 e. The van der Waals surface area contributed by atoms with E-state index >= 15 is 0 Å². The standard InChI is InChI=1S/C20H19NO5/c1-12-10-21(11-18(25-12)20(23)24)19(22)9-14-8-16-15-5-3-2-4-13(15)6-7-17(16)26-14/h2-8,12,18H,9-11H2,1H3,(H,23,24)/t12-,18?/m1/s1. The van der Waals surface area contributed by atoms with Crippen LogP contribution in [0.4, 0.5) is 0 Å². The number of carboxylic acids is 1. The summed E-state index contributed by atoms with van der Waals surface area (Å²) in [6.45, 7) is 2.20. The minimum atomic E-state index is -1.05. The van der Waals surface area contributed by atoms with Crippen molar-refractivity contribution in [1.82, 2.24) is 4.90 Å². The van der Waals surface area contributed by atoms with Crippen LogP contribution in [0.5, 0.6) is 0 Å². The fourth-order valence-corrected chi connectivity index (χ4v) is 3.48. The highest BCUT2D eigenvalue weighted by Crippen LogP contribution is 2.28. The Labute approximate surface area is 149 Å². The number of hydrogen-bond acceptors (Lipinski definition) is 4. The second-order valence-corrected chi connectivity index (χ2v) is 6.66. The first kappa shape index (κ1) is 16.6. The SMILES string of the molecule is C[C@@H]1CN(C(=O)Cc2cc3c(ccc4ccccc43)o2)CC(C(=O)O)O1. The molecular formula is C20H19NO5. The molecule has 0 saturated carbocycles. The molecule has 134 valence electrons. The fourth-order valence-electron chi connectivity index (χ4n) is 3.48. The Morgan fingerprint density at radius 1 is 1.15 bits per heavy atom. The van der Waals surface area contributed by atoms with Crippen LogP contribution in [0.3, 0.4) is 0 Å². The van der Waals surface area contributed by atoms with Gasteiger partial charge < -0.3 is 19.2 Å². The molecule has 1 aliphatic heterocycles. The minimum absolute atomic E-state index is 0.0572. The smallest absolute Gasteiger partial charge is 0.334 e. The van der Waals surface area contributed by atoms with Gasteiger partial charge in [0, 0.05) is 11.9 Å². The average Bonchev–Trinajstić information content (AvgIpc) is 3.04. The number of fused-ring (bicyclic) bond motifs is 3. The molecule has 1 N–H and O–H groups in total. The minimum Gasteiger partial charge on any atom is -0.479 e. The van der Waals surface area contributed by atoms with Crippen molar-refractivity contribution >= 4 is 33.6 Å². The number of furan rings is 1. The third kappa shape index (κ3) is 3.04. The molecule has 2 aromatic carbocycles. The van der Waals surface area contributed by atoms with E-state index in [4.69, 9.17) is 14.3 Å². The molecule has 6 heteroatoms. The van der Waals surface area contributed by atoms with Crippen molar-refractivity contribution in [2.45, 2.75) is 25.6 Å². The number of nitrogens with zero attached hydrogens (tertiary/aromatic N) is 1. The number of amides is 1. The summed E-state index contributed by atoms with van der Waals surface area (Å²) in [6.07, 6.45) is -1.20. The molecule has 1 amide bonds. The van der Waals surface area contributed by atoms with Gasteiger partial charge in [0.25, 0.3) is 0 Å². The highest BCUT2D eigenvalue weighted by atomic mass is 16.5. The quantitative estimate of drug-likeness (QED) is 0.783. The average molecular weight is 353 g/mol. The molecule has 4 rings (SSSR count). The second kappa shape index (κ2) is 6.46. The van der Waals surface area contributed by atoms with Crippen LogP contribution in [0.2, 0.25) is 0 Å². The van der Waals surface area contributed by atoms with Crippen LogP contribution in [0.1, 0.15) is 12.7 Å². The summed E-state index contributed by atoms with van der Waals surface area (Å²) in [5.74, 6) is -0.633. The predicted octanol–water partition coefficient (Wildman–Crippen LogP) is 2.83. The summed E-state index contributed by atoms with van der Waals surface area (Å²) in [4.78, 5) is 25.4. The number of aliphatic carboxylic acids is 1. The van der Waals surface area contributed by atoms with E-state index in [0.29, 0.717) is 12.3 Å². The van der Waals surface area contributed by atoms with Gasteiger partial charge in [-0.15, -0.1) is 0 Å². The molecule has 1 aliphatic rings. The van der Waals surface area contributed by atoms with E-state index in [1.807, 2.05) is 42.5 Å². The topological polar surface area (TPSA) is 80.0 Å².